The van der Waals surface area contributed by atoms with Crippen molar-refractivity contribution in [1.29, 1.82) is 0 Å². The summed E-state index contributed by atoms with van der Waals surface area (Å²) < 4.78 is 39.1. The van der Waals surface area contributed by atoms with E-state index >= 15 is 0 Å². The number of nitrogens with zero attached hydrogens (tertiary/aromatic N) is 1. The first kappa shape index (κ1) is 20.6. The topological polar surface area (TPSA) is 82.1 Å². The highest BCUT2D eigenvalue weighted by atomic mass is 32.2. The van der Waals surface area contributed by atoms with Crippen LogP contribution in [-0.2, 0) is 16.4 Å². The molecule has 0 aliphatic heterocycles. The van der Waals surface area contributed by atoms with E-state index in [-0.39, 0.29) is 17.3 Å². The molecule has 146 valence electrons. The number of carbonyl (C=O) groups is 1. The van der Waals surface area contributed by atoms with E-state index in [9.17, 15) is 13.2 Å². The minimum Gasteiger partial charge on any atom is -0.493 e. The third-order valence-electron chi connectivity index (χ3n) is 4.07. The molecule has 0 bridgehead atoms. The summed E-state index contributed by atoms with van der Waals surface area (Å²) in [4.78, 5) is 14.3. The van der Waals surface area contributed by atoms with E-state index in [0.29, 0.717) is 22.8 Å². The van der Waals surface area contributed by atoms with Gasteiger partial charge < -0.3 is 19.1 Å². The fourth-order valence-electron chi connectivity index (χ4n) is 2.68. The molecule has 2 aromatic carbocycles. The average molecular weight is 393 g/mol. The normalized spacial score (nSPS) is 11.0. The third-order valence-corrected chi connectivity index (χ3v) is 5.20. The second-order valence-electron chi connectivity index (χ2n) is 5.95. The molecular weight excluding hydrogens is 370 g/mol. The van der Waals surface area contributed by atoms with Gasteiger partial charge in [0.1, 0.15) is 0 Å². The summed E-state index contributed by atoms with van der Waals surface area (Å²) in [5.41, 5.74) is 1.14. The Hall–Kier alpha value is -2.74. The number of amides is 1. The molecule has 0 fully saturated rings. The van der Waals surface area contributed by atoms with Crippen molar-refractivity contribution < 1.29 is 27.4 Å². The van der Waals surface area contributed by atoms with Crippen molar-refractivity contribution in [3.63, 3.8) is 0 Å². The number of sulfone groups is 1. The van der Waals surface area contributed by atoms with Crippen LogP contribution in [0.4, 0.5) is 0 Å². The lowest BCUT2D eigenvalue weighted by molar-refractivity contribution is 0.0784. The van der Waals surface area contributed by atoms with Gasteiger partial charge in [-0.3, -0.25) is 4.79 Å². The number of rotatable bonds is 7. The van der Waals surface area contributed by atoms with Gasteiger partial charge in [0.2, 0.25) is 5.75 Å². The molecule has 0 radical (unpaired) electrons. The van der Waals surface area contributed by atoms with E-state index in [2.05, 4.69) is 0 Å². The zero-order chi connectivity index (χ0) is 20.2. The molecule has 0 atom stereocenters. The van der Waals surface area contributed by atoms with Gasteiger partial charge in [-0.15, -0.1) is 0 Å². The lowest BCUT2D eigenvalue weighted by Crippen LogP contribution is -2.26. The predicted octanol–water partition coefficient (Wildman–Crippen LogP) is 2.39. The van der Waals surface area contributed by atoms with Crippen molar-refractivity contribution in [1.82, 2.24) is 4.90 Å². The molecule has 0 unspecified atom stereocenters. The van der Waals surface area contributed by atoms with Crippen molar-refractivity contribution in [2.24, 2.45) is 0 Å². The molecule has 0 aromatic heterocycles. The van der Waals surface area contributed by atoms with Crippen molar-refractivity contribution >= 4 is 15.7 Å². The summed E-state index contributed by atoms with van der Waals surface area (Å²) in [7, 11) is 2.92. The lowest BCUT2D eigenvalue weighted by Gasteiger charge is -2.21. The summed E-state index contributed by atoms with van der Waals surface area (Å²) in [5.74, 6) is 1.23. The van der Waals surface area contributed by atoms with Crippen LogP contribution in [0.1, 0.15) is 15.9 Å². The fraction of sp³-hybridized carbons (Fsp3) is 0.316. The molecule has 2 rings (SSSR count). The van der Waals surface area contributed by atoms with E-state index in [1.54, 1.807) is 19.2 Å². The second-order valence-corrected chi connectivity index (χ2v) is 7.97. The van der Waals surface area contributed by atoms with Gasteiger partial charge in [-0.1, -0.05) is 0 Å². The van der Waals surface area contributed by atoms with Crippen molar-refractivity contribution in [2.45, 2.75) is 11.4 Å². The first-order chi connectivity index (χ1) is 12.7. The Kier molecular flexibility index (Phi) is 6.32. The summed E-state index contributed by atoms with van der Waals surface area (Å²) in [6, 6.07) is 9.40. The minimum atomic E-state index is -3.30. The monoisotopic (exact) mass is 393 g/mol. The van der Waals surface area contributed by atoms with Crippen molar-refractivity contribution in [2.75, 3.05) is 34.6 Å². The number of carbonyl (C=O) groups excluding carboxylic acids is 1. The Morgan fingerprint density at radius 1 is 0.926 bits per heavy atom. The van der Waals surface area contributed by atoms with E-state index < -0.39 is 9.84 Å². The van der Waals surface area contributed by atoms with E-state index in [1.807, 2.05) is 0 Å². The molecule has 0 saturated heterocycles. The maximum Gasteiger partial charge on any atom is 0.253 e. The molecule has 2 aromatic rings. The van der Waals surface area contributed by atoms with Crippen LogP contribution >= 0.6 is 0 Å². The highest BCUT2D eigenvalue weighted by Crippen LogP contribution is 2.40. The minimum absolute atomic E-state index is 0.170. The van der Waals surface area contributed by atoms with Crippen molar-refractivity contribution in [3.05, 3.63) is 47.5 Å². The average Bonchev–Trinajstić information content (AvgIpc) is 2.66. The number of hydrogen-bond acceptors (Lipinski definition) is 6. The largest absolute Gasteiger partial charge is 0.493 e. The van der Waals surface area contributed by atoms with Crippen LogP contribution in [0.3, 0.4) is 0 Å². The Bertz CT molecular complexity index is 922. The van der Waals surface area contributed by atoms with E-state index in [4.69, 9.17) is 14.2 Å². The van der Waals surface area contributed by atoms with Crippen molar-refractivity contribution in [3.8, 4) is 17.2 Å². The number of benzene rings is 2. The second kappa shape index (κ2) is 8.30. The highest BCUT2D eigenvalue weighted by Gasteiger charge is 2.19. The zero-order valence-corrected chi connectivity index (χ0v) is 16.8. The van der Waals surface area contributed by atoms with Crippen LogP contribution < -0.4 is 14.2 Å². The van der Waals surface area contributed by atoms with E-state index in [1.165, 1.54) is 50.5 Å². The quantitative estimate of drug-likeness (QED) is 0.718. The Morgan fingerprint density at radius 2 is 1.52 bits per heavy atom. The molecule has 0 spiro atoms. The standard InChI is InChI=1S/C19H23NO6S/c1-20(19(21)13-6-9-15(10-7-13)27(5,22)23)12-14-8-11-16(24-2)18(26-4)17(14)25-3/h6-11H,12H2,1-5H3. The number of hydrogen-bond donors (Lipinski definition) is 0. The van der Waals surface area contributed by atoms with Gasteiger partial charge in [-0.05, 0) is 36.4 Å². The number of methoxy groups -OCH3 is 3. The number of ether oxygens (including phenoxy) is 3. The van der Waals surface area contributed by atoms with Gasteiger partial charge in [0.05, 0.1) is 26.2 Å². The SMILES string of the molecule is COc1ccc(CN(C)C(=O)c2ccc(S(C)(=O)=O)cc2)c(OC)c1OC. The van der Waals surface area contributed by atoms with E-state index in [0.717, 1.165) is 11.8 Å². The predicted molar refractivity (Wildman–Crippen MR) is 101 cm³/mol. The molecule has 0 saturated carbocycles. The Morgan fingerprint density at radius 3 is 2.00 bits per heavy atom. The first-order valence-corrected chi connectivity index (χ1v) is 9.95. The molecule has 0 aliphatic carbocycles. The first-order valence-electron chi connectivity index (χ1n) is 8.06. The van der Waals surface area contributed by atoms with Crippen LogP contribution in [-0.4, -0.2) is 53.9 Å². The molecule has 0 aliphatic rings. The molecule has 0 heterocycles. The molecular formula is C19H23NO6S. The lowest BCUT2D eigenvalue weighted by atomic mass is 10.1. The van der Waals surface area contributed by atoms with Gasteiger partial charge in [0, 0.05) is 31.0 Å². The van der Waals surface area contributed by atoms with Crippen LogP contribution in [0.5, 0.6) is 17.2 Å². The fourth-order valence-corrected chi connectivity index (χ4v) is 3.31. The van der Waals surface area contributed by atoms with Gasteiger partial charge in [0.15, 0.2) is 21.3 Å². The van der Waals surface area contributed by atoms with Gasteiger partial charge in [-0.25, -0.2) is 8.42 Å². The van der Waals surface area contributed by atoms with Crippen LogP contribution in [0.2, 0.25) is 0 Å². The highest BCUT2D eigenvalue weighted by molar-refractivity contribution is 7.90. The maximum absolute atomic E-state index is 12.7. The molecule has 7 nitrogen and oxygen atoms in total. The summed E-state index contributed by atoms with van der Waals surface area (Å²) >= 11 is 0. The summed E-state index contributed by atoms with van der Waals surface area (Å²) in [6.07, 6.45) is 1.12. The summed E-state index contributed by atoms with van der Waals surface area (Å²) in [6.45, 7) is 0.274. The zero-order valence-electron chi connectivity index (χ0n) is 16.0. The Balaban J connectivity index is 2.26. The van der Waals surface area contributed by atoms with Crippen LogP contribution in [0, 0.1) is 0 Å². The van der Waals surface area contributed by atoms with Gasteiger partial charge in [0.25, 0.3) is 5.91 Å². The maximum atomic E-state index is 12.7. The van der Waals surface area contributed by atoms with Crippen LogP contribution in [0.25, 0.3) is 0 Å². The van der Waals surface area contributed by atoms with Crippen LogP contribution in [0.15, 0.2) is 41.3 Å². The smallest absolute Gasteiger partial charge is 0.253 e. The Labute approximate surface area is 159 Å². The van der Waals surface area contributed by atoms with Gasteiger partial charge in [-0.2, -0.15) is 0 Å². The molecule has 27 heavy (non-hydrogen) atoms. The third kappa shape index (κ3) is 4.51. The molecule has 0 N–H and O–H groups in total. The molecule has 8 heteroatoms. The molecule has 1 amide bonds. The van der Waals surface area contributed by atoms with Gasteiger partial charge >= 0.3 is 0 Å². The summed E-state index contributed by atoms with van der Waals surface area (Å²) in [5, 5.41) is 0.